The largest absolute Gasteiger partial charge is 0.419 e. The fourth-order valence-electron chi connectivity index (χ4n) is 1.81. The van der Waals surface area contributed by atoms with E-state index in [2.05, 4.69) is 22.9 Å². The van der Waals surface area contributed by atoms with Crippen LogP contribution in [0.25, 0.3) is 11.1 Å². The van der Waals surface area contributed by atoms with Crippen molar-refractivity contribution < 1.29 is 4.42 Å². The number of alkyl halides is 1. The van der Waals surface area contributed by atoms with Crippen LogP contribution < -0.4 is 5.76 Å². The van der Waals surface area contributed by atoms with Gasteiger partial charge in [0, 0.05) is 11.4 Å². The lowest BCUT2D eigenvalue weighted by atomic mass is 10.1. The van der Waals surface area contributed by atoms with Crippen molar-refractivity contribution in [2.75, 3.05) is 0 Å². The van der Waals surface area contributed by atoms with Crippen LogP contribution in [0.15, 0.2) is 27.4 Å². The molecule has 2 aromatic rings. The second kappa shape index (κ2) is 4.45. The van der Waals surface area contributed by atoms with E-state index in [1.165, 1.54) is 0 Å². The Morgan fingerprint density at radius 2 is 2.19 bits per heavy atom. The van der Waals surface area contributed by atoms with Gasteiger partial charge in [-0.2, -0.15) is 0 Å². The number of hydrogen-bond acceptors (Lipinski definition) is 2. The van der Waals surface area contributed by atoms with Gasteiger partial charge in [-0.3, -0.25) is 4.57 Å². The molecule has 0 aliphatic rings. The van der Waals surface area contributed by atoms with E-state index < -0.39 is 0 Å². The van der Waals surface area contributed by atoms with E-state index in [9.17, 15) is 4.79 Å². The highest BCUT2D eigenvalue weighted by Gasteiger charge is 2.11. The fourth-order valence-corrected chi connectivity index (χ4v) is 2.10. The molecular formula is C12H14BrNO2. The fraction of sp³-hybridized carbons (Fsp3) is 0.417. The minimum atomic E-state index is -0.280. The molecule has 4 heteroatoms. The predicted octanol–water partition coefficient (Wildman–Crippen LogP) is 3.46. The Labute approximate surface area is 102 Å². The SMILES string of the molecule is CCC(Br)c1ccc2c(c1)oc(=O)n2CC. The van der Waals surface area contributed by atoms with Crippen molar-refractivity contribution in [2.45, 2.75) is 31.6 Å². The van der Waals surface area contributed by atoms with Crippen LogP contribution in [0, 0.1) is 0 Å². The maximum atomic E-state index is 11.5. The third-order valence-corrected chi connectivity index (χ3v) is 3.90. The van der Waals surface area contributed by atoms with Crippen molar-refractivity contribution in [3.05, 3.63) is 34.3 Å². The Balaban J connectivity index is 2.60. The van der Waals surface area contributed by atoms with Gasteiger partial charge in [0.2, 0.25) is 0 Å². The summed E-state index contributed by atoms with van der Waals surface area (Å²) in [5.41, 5.74) is 2.68. The molecule has 0 aliphatic carbocycles. The third-order valence-electron chi connectivity index (χ3n) is 2.73. The molecular weight excluding hydrogens is 270 g/mol. The zero-order valence-corrected chi connectivity index (χ0v) is 11.0. The smallest absolute Gasteiger partial charge is 0.408 e. The summed E-state index contributed by atoms with van der Waals surface area (Å²) in [6.07, 6.45) is 1.00. The highest BCUT2D eigenvalue weighted by molar-refractivity contribution is 9.09. The molecule has 1 aromatic heterocycles. The number of halogens is 1. The number of benzene rings is 1. The van der Waals surface area contributed by atoms with Crippen LogP contribution in [0.5, 0.6) is 0 Å². The Morgan fingerprint density at radius 3 is 2.81 bits per heavy atom. The number of hydrogen-bond donors (Lipinski definition) is 0. The normalized spacial score (nSPS) is 13.2. The second-order valence-electron chi connectivity index (χ2n) is 3.72. The van der Waals surface area contributed by atoms with Gasteiger partial charge in [-0.25, -0.2) is 4.79 Å². The minimum Gasteiger partial charge on any atom is -0.408 e. The van der Waals surface area contributed by atoms with Crippen LogP contribution in [-0.2, 0) is 6.54 Å². The summed E-state index contributed by atoms with van der Waals surface area (Å²) < 4.78 is 6.85. The van der Waals surface area contributed by atoms with Gasteiger partial charge in [0.15, 0.2) is 5.58 Å². The molecule has 16 heavy (non-hydrogen) atoms. The first kappa shape index (κ1) is 11.5. The van der Waals surface area contributed by atoms with E-state index in [0.29, 0.717) is 17.0 Å². The summed E-state index contributed by atoms with van der Waals surface area (Å²) in [6, 6.07) is 5.92. The average Bonchev–Trinajstić information content (AvgIpc) is 2.62. The molecule has 2 rings (SSSR count). The highest BCUT2D eigenvalue weighted by Crippen LogP contribution is 2.28. The van der Waals surface area contributed by atoms with Gasteiger partial charge in [-0.1, -0.05) is 28.9 Å². The maximum absolute atomic E-state index is 11.5. The summed E-state index contributed by atoms with van der Waals surface area (Å²) in [5, 5.41) is 0. The van der Waals surface area contributed by atoms with E-state index in [0.717, 1.165) is 17.5 Å². The molecule has 1 atom stereocenters. The lowest BCUT2D eigenvalue weighted by Gasteiger charge is -2.06. The number of fused-ring (bicyclic) bond motifs is 1. The monoisotopic (exact) mass is 283 g/mol. The molecule has 0 amide bonds. The van der Waals surface area contributed by atoms with Crippen LogP contribution in [0.4, 0.5) is 0 Å². The molecule has 0 saturated heterocycles. The van der Waals surface area contributed by atoms with E-state index in [4.69, 9.17) is 4.42 Å². The van der Waals surface area contributed by atoms with Crippen LogP contribution in [0.2, 0.25) is 0 Å². The standard InChI is InChI=1S/C12H14BrNO2/c1-3-9(13)8-5-6-10-11(7-8)16-12(15)14(10)4-2/h5-7,9H,3-4H2,1-2H3. The van der Waals surface area contributed by atoms with Crippen LogP contribution in [0.3, 0.4) is 0 Å². The van der Waals surface area contributed by atoms with Crippen LogP contribution in [-0.4, -0.2) is 4.57 Å². The third kappa shape index (κ3) is 1.82. The zero-order chi connectivity index (χ0) is 11.7. The number of aromatic nitrogens is 1. The quantitative estimate of drug-likeness (QED) is 0.809. The lowest BCUT2D eigenvalue weighted by Crippen LogP contribution is -2.11. The highest BCUT2D eigenvalue weighted by atomic mass is 79.9. The van der Waals surface area contributed by atoms with Gasteiger partial charge in [0.25, 0.3) is 0 Å². The average molecular weight is 284 g/mol. The molecule has 0 N–H and O–H groups in total. The van der Waals surface area contributed by atoms with E-state index in [-0.39, 0.29) is 5.76 Å². The molecule has 1 unspecified atom stereocenters. The van der Waals surface area contributed by atoms with Crippen molar-refractivity contribution in [3.8, 4) is 0 Å². The summed E-state index contributed by atoms with van der Waals surface area (Å²) in [4.78, 5) is 11.8. The molecule has 0 radical (unpaired) electrons. The molecule has 1 heterocycles. The van der Waals surface area contributed by atoms with Crippen molar-refractivity contribution >= 4 is 27.0 Å². The van der Waals surface area contributed by atoms with Gasteiger partial charge in [0.05, 0.1) is 5.52 Å². The maximum Gasteiger partial charge on any atom is 0.419 e. The Hall–Kier alpha value is -1.03. The summed E-state index contributed by atoms with van der Waals surface area (Å²) in [5.74, 6) is -0.280. The molecule has 86 valence electrons. The van der Waals surface area contributed by atoms with Crippen LogP contribution in [0.1, 0.15) is 30.7 Å². The summed E-state index contributed by atoms with van der Waals surface area (Å²) >= 11 is 3.59. The second-order valence-corrected chi connectivity index (χ2v) is 4.82. The van der Waals surface area contributed by atoms with Gasteiger partial charge < -0.3 is 4.42 Å². The van der Waals surface area contributed by atoms with Crippen molar-refractivity contribution in [1.82, 2.24) is 4.57 Å². The van der Waals surface area contributed by atoms with Crippen LogP contribution >= 0.6 is 15.9 Å². The zero-order valence-electron chi connectivity index (χ0n) is 9.37. The Morgan fingerprint density at radius 1 is 1.44 bits per heavy atom. The van der Waals surface area contributed by atoms with Gasteiger partial charge in [-0.15, -0.1) is 0 Å². The molecule has 0 aliphatic heterocycles. The van der Waals surface area contributed by atoms with E-state index in [1.807, 2.05) is 25.1 Å². The number of rotatable bonds is 3. The molecule has 0 saturated carbocycles. The predicted molar refractivity (Wildman–Crippen MR) is 68.1 cm³/mol. The van der Waals surface area contributed by atoms with E-state index in [1.54, 1.807) is 4.57 Å². The molecule has 1 aromatic carbocycles. The van der Waals surface area contributed by atoms with Gasteiger partial charge in [-0.05, 0) is 31.0 Å². The molecule has 0 bridgehead atoms. The molecule has 0 fully saturated rings. The topological polar surface area (TPSA) is 35.1 Å². The van der Waals surface area contributed by atoms with Crippen molar-refractivity contribution in [2.24, 2.45) is 0 Å². The lowest BCUT2D eigenvalue weighted by molar-refractivity contribution is 0.513. The summed E-state index contributed by atoms with van der Waals surface area (Å²) in [7, 11) is 0. The summed E-state index contributed by atoms with van der Waals surface area (Å²) in [6.45, 7) is 4.68. The van der Waals surface area contributed by atoms with E-state index >= 15 is 0 Å². The first-order valence-electron chi connectivity index (χ1n) is 5.44. The number of oxazole rings is 1. The minimum absolute atomic E-state index is 0.280. The first-order chi connectivity index (χ1) is 7.67. The molecule has 3 nitrogen and oxygen atoms in total. The Kier molecular flexibility index (Phi) is 3.19. The number of aryl methyl sites for hydroxylation is 1. The molecule has 0 spiro atoms. The van der Waals surface area contributed by atoms with Gasteiger partial charge >= 0.3 is 5.76 Å². The van der Waals surface area contributed by atoms with Crippen molar-refractivity contribution in [1.29, 1.82) is 0 Å². The Bertz CT molecular complexity index is 556. The van der Waals surface area contributed by atoms with Gasteiger partial charge in [0.1, 0.15) is 0 Å². The number of nitrogens with zero attached hydrogens (tertiary/aromatic N) is 1. The van der Waals surface area contributed by atoms with Crippen molar-refractivity contribution in [3.63, 3.8) is 0 Å². The first-order valence-corrected chi connectivity index (χ1v) is 6.36.